The van der Waals surface area contributed by atoms with Crippen molar-refractivity contribution in [1.82, 2.24) is 9.80 Å². The SMILES string of the molecule is CN1CCC2C(N)CN(C(=O)OC(C)(C)C)C2CC1. The molecular weight excluding hydrogens is 242 g/mol. The topological polar surface area (TPSA) is 58.8 Å². The number of rotatable bonds is 0. The molecule has 0 saturated carbocycles. The van der Waals surface area contributed by atoms with E-state index < -0.39 is 5.60 Å². The average molecular weight is 269 g/mol. The fourth-order valence-corrected chi connectivity index (χ4v) is 3.16. The summed E-state index contributed by atoms with van der Waals surface area (Å²) in [5, 5.41) is 0. The molecule has 2 rings (SSSR count). The Morgan fingerprint density at radius 1 is 1.26 bits per heavy atom. The highest BCUT2D eigenvalue weighted by Crippen LogP contribution is 2.32. The van der Waals surface area contributed by atoms with Gasteiger partial charge in [-0.15, -0.1) is 0 Å². The maximum Gasteiger partial charge on any atom is 0.410 e. The van der Waals surface area contributed by atoms with E-state index in [0.29, 0.717) is 12.5 Å². The fourth-order valence-electron chi connectivity index (χ4n) is 3.16. The molecule has 0 aromatic rings. The molecule has 0 spiro atoms. The van der Waals surface area contributed by atoms with Gasteiger partial charge in [0.15, 0.2) is 0 Å². The van der Waals surface area contributed by atoms with E-state index in [0.717, 1.165) is 25.9 Å². The molecule has 110 valence electrons. The zero-order chi connectivity index (χ0) is 14.2. The standard InChI is InChI=1S/C14H27N3O2/c1-14(2,3)19-13(18)17-9-11(15)10-5-7-16(4)8-6-12(10)17/h10-12H,5-9,15H2,1-4H3. The second kappa shape index (κ2) is 5.29. The summed E-state index contributed by atoms with van der Waals surface area (Å²) in [6.45, 7) is 8.43. The molecule has 0 aliphatic carbocycles. The van der Waals surface area contributed by atoms with E-state index in [2.05, 4.69) is 11.9 Å². The summed E-state index contributed by atoms with van der Waals surface area (Å²) in [7, 11) is 2.13. The lowest BCUT2D eigenvalue weighted by molar-refractivity contribution is 0.0202. The molecule has 0 aromatic carbocycles. The largest absolute Gasteiger partial charge is 0.444 e. The molecule has 0 bridgehead atoms. The van der Waals surface area contributed by atoms with E-state index >= 15 is 0 Å². The predicted molar refractivity (Wildman–Crippen MR) is 74.9 cm³/mol. The minimum absolute atomic E-state index is 0.0871. The molecule has 2 aliphatic heterocycles. The smallest absolute Gasteiger partial charge is 0.410 e. The Morgan fingerprint density at radius 3 is 2.53 bits per heavy atom. The molecule has 2 heterocycles. The van der Waals surface area contributed by atoms with Crippen molar-refractivity contribution in [2.24, 2.45) is 11.7 Å². The highest BCUT2D eigenvalue weighted by atomic mass is 16.6. The normalized spacial score (nSPS) is 32.9. The lowest BCUT2D eigenvalue weighted by Gasteiger charge is -2.29. The van der Waals surface area contributed by atoms with Gasteiger partial charge < -0.3 is 20.3 Å². The molecular formula is C14H27N3O2. The number of ether oxygens (including phenoxy) is 1. The van der Waals surface area contributed by atoms with Gasteiger partial charge in [0.05, 0.1) is 0 Å². The van der Waals surface area contributed by atoms with Crippen molar-refractivity contribution in [3.8, 4) is 0 Å². The second-order valence-corrected chi connectivity index (χ2v) is 6.91. The average Bonchev–Trinajstić information content (AvgIpc) is 2.44. The number of hydrogen-bond donors (Lipinski definition) is 1. The number of nitrogens with zero attached hydrogens (tertiary/aromatic N) is 2. The Hall–Kier alpha value is -0.810. The molecule has 5 heteroatoms. The van der Waals surface area contributed by atoms with Crippen molar-refractivity contribution < 1.29 is 9.53 Å². The summed E-state index contributed by atoms with van der Waals surface area (Å²) >= 11 is 0. The molecule has 3 unspecified atom stereocenters. The molecule has 1 amide bonds. The predicted octanol–water partition coefficient (Wildman–Crippen LogP) is 1.27. The molecule has 5 nitrogen and oxygen atoms in total. The lowest BCUT2D eigenvalue weighted by Crippen LogP contribution is -2.41. The van der Waals surface area contributed by atoms with Gasteiger partial charge in [0.2, 0.25) is 0 Å². The third kappa shape index (κ3) is 3.39. The van der Waals surface area contributed by atoms with Crippen molar-refractivity contribution in [1.29, 1.82) is 0 Å². The van der Waals surface area contributed by atoms with Gasteiger partial charge in [-0.2, -0.15) is 0 Å². The first-order chi connectivity index (χ1) is 8.78. The Morgan fingerprint density at radius 2 is 1.89 bits per heavy atom. The van der Waals surface area contributed by atoms with E-state index in [1.165, 1.54) is 0 Å². The van der Waals surface area contributed by atoms with Gasteiger partial charge in [-0.1, -0.05) is 0 Å². The maximum atomic E-state index is 12.3. The lowest BCUT2D eigenvalue weighted by atomic mass is 9.92. The van der Waals surface area contributed by atoms with Gasteiger partial charge in [0.1, 0.15) is 5.60 Å². The number of carbonyl (C=O) groups is 1. The first kappa shape index (κ1) is 14.6. The van der Waals surface area contributed by atoms with Crippen LogP contribution in [-0.2, 0) is 4.74 Å². The molecule has 2 fully saturated rings. The van der Waals surface area contributed by atoms with Crippen LogP contribution in [0.2, 0.25) is 0 Å². The number of nitrogens with two attached hydrogens (primary N) is 1. The highest BCUT2D eigenvalue weighted by Gasteiger charge is 2.44. The van der Waals surface area contributed by atoms with Crippen LogP contribution < -0.4 is 5.73 Å². The summed E-state index contributed by atoms with van der Waals surface area (Å²) in [4.78, 5) is 16.5. The maximum absolute atomic E-state index is 12.3. The third-order valence-corrected chi connectivity index (χ3v) is 4.13. The number of hydrogen-bond acceptors (Lipinski definition) is 4. The number of amides is 1. The summed E-state index contributed by atoms with van der Waals surface area (Å²) in [5.74, 6) is 0.414. The zero-order valence-electron chi connectivity index (χ0n) is 12.6. The Balaban J connectivity index is 2.07. The number of likely N-dealkylation sites (tertiary alicyclic amines) is 2. The monoisotopic (exact) mass is 269 g/mol. The van der Waals surface area contributed by atoms with Crippen molar-refractivity contribution in [3.63, 3.8) is 0 Å². The van der Waals surface area contributed by atoms with Gasteiger partial charge in [-0.05, 0) is 59.7 Å². The molecule has 19 heavy (non-hydrogen) atoms. The van der Waals surface area contributed by atoms with Crippen molar-refractivity contribution in [2.45, 2.75) is 51.3 Å². The second-order valence-electron chi connectivity index (χ2n) is 6.91. The quantitative estimate of drug-likeness (QED) is 0.719. The Kier molecular flexibility index (Phi) is 4.06. The number of fused-ring (bicyclic) bond motifs is 1. The van der Waals surface area contributed by atoms with Gasteiger partial charge in [0.25, 0.3) is 0 Å². The van der Waals surface area contributed by atoms with Crippen LogP contribution in [0.15, 0.2) is 0 Å². The highest BCUT2D eigenvalue weighted by molar-refractivity contribution is 5.69. The van der Waals surface area contributed by atoms with Crippen LogP contribution in [0.4, 0.5) is 4.79 Å². The van der Waals surface area contributed by atoms with Crippen LogP contribution in [0.3, 0.4) is 0 Å². The van der Waals surface area contributed by atoms with Crippen molar-refractivity contribution >= 4 is 6.09 Å². The molecule has 0 radical (unpaired) electrons. The van der Waals surface area contributed by atoms with Crippen molar-refractivity contribution in [2.75, 3.05) is 26.7 Å². The van der Waals surface area contributed by atoms with E-state index in [4.69, 9.17) is 10.5 Å². The summed E-state index contributed by atoms with van der Waals surface area (Å²) in [5.41, 5.74) is 5.78. The van der Waals surface area contributed by atoms with Gasteiger partial charge in [-0.25, -0.2) is 4.79 Å². The van der Waals surface area contributed by atoms with Crippen molar-refractivity contribution in [3.05, 3.63) is 0 Å². The summed E-state index contributed by atoms with van der Waals surface area (Å²) in [6.07, 6.45) is 1.86. The van der Waals surface area contributed by atoms with Crippen LogP contribution >= 0.6 is 0 Å². The minimum atomic E-state index is -0.444. The van der Waals surface area contributed by atoms with Crippen LogP contribution in [0.5, 0.6) is 0 Å². The number of carbonyl (C=O) groups excluding carboxylic acids is 1. The molecule has 2 saturated heterocycles. The van der Waals surface area contributed by atoms with E-state index in [1.54, 1.807) is 0 Å². The zero-order valence-corrected chi connectivity index (χ0v) is 12.6. The van der Waals surface area contributed by atoms with Gasteiger partial charge >= 0.3 is 6.09 Å². The summed E-state index contributed by atoms with van der Waals surface area (Å²) < 4.78 is 5.50. The molecule has 0 aromatic heterocycles. The van der Waals surface area contributed by atoms with Crippen LogP contribution in [-0.4, -0.2) is 60.3 Å². The first-order valence-electron chi connectivity index (χ1n) is 7.21. The van der Waals surface area contributed by atoms with Crippen LogP contribution in [0.1, 0.15) is 33.6 Å². The van der Waals surface area contributed by atoms with E-state index in [1.807, 2.05) is 25.7 Å². The third-order valence-electron chi connectivity index (χ3n) is 4.13. The minimum Gasteiger partial charge on any atom is -0.444 e. The first-order valence-corrected chi connectivity index (χ1v) is 7.21. The van der Waals surface area contributed by atoms with Gasteiger partial charge in [0, 0.05) is 18.6 Å². The molecule has 2 N–H and O–H groups in total. The van der Waals surface area contributed by atoms with Crippen LogP contribution in [0.25, 0.3) is 0 Å². The molecule has 2 aliphatic rings. The Bertz CT molecular complexity index is 340. The Labute approximate surface area is 116 Å². The van der Waals surface area contributed by atoms with Crippen LogP contribution in [0, 0.1) is 5.92 Å². The van der Waals surface area contributed by atoms with E-state index in [-0.39, 0.29) is 18.2 Å². The summed E-state index contributed by atoms with van der Waals surface area (Å²) in [6, 6.07) is 0.332. The van der Waals surface area contributed by atoms with Gasteiger partial charge in [-0.3, -0.25) is 0 Å². The molecule has 3 atom stereocenters. The van der Waals surface area contributed by atoms with E-state index in [9.17, 15) is 4.79 Å². The fraction of sp³-hybridized carbons (Fsp3) is 0.929.